The SMILES string of the molecule is [Zn+][Br].[c-]1ccccc1C1OCCCO1. The van der Waals surface area contributed by atoms with Gasteiger partial charge < -0.3 is 9.47 Å². The topological polar surface area (TPSA) is 18.5 Å². The van der Waals surface area contributed by atoms with Gasteiger partial charge in [0.1, 0.15) is 0 Å². The van der Waals surface area contributed by atoms with Crippen molar-refractivity contribution in [2.24, 2.45) is 0 Å². The van der Waals surface area contributed by atoms with Crippen molar-refractivity contribution in [1.29, 1.82) is 0 Å². The van der Waals surface area contributed by atoms with Crippen LogP contribution in [-0.4, -0.2) is 13.2 Å². The number of ether oxygens (including phenoxy) is 2. The van der Waals surface area contributed by atoms with E-state index in [4.69, 9.17) is 9.47 Å². The molecule has 72 valence electrons. The van der Waals surface area contributed by atoms with Crippen LogP contribution in [0.2, 0.25) is 0 Å². The molecule has 0 radical (unpaired) electrons. The van der Waals surface area contributed by atoms with Crippen molar-refractivity contribution in [2.75, 3.05) is 13.2 Å². The van der Waals surface area contributed by atoms with Crippen LogP contribution >= 0.6 is 13.6 Å². The third kappa shape index (κ3) is 3.78. The molecule has 0 spiro atoms. The Balaban J connectivity index is 0.000000461. The largest absolute Gasteiger partial charge is 0.350 e. The van der Waals surface area contributed by atoms with Crippen LogP contribution < -0.4 is 0 Å². The summed E-state index contributed by atoms with van der Waals surface area (Å²) >= 11 is 4.25. The second-order valence-electron chi connectivity index (χ2n) is 2.74. The van der Waals surface area contributed by atoms with Crippen LogP contribution in [-0.2, 0) is 25.8 Å². The number of benzene rings is 1. The molecular weight excluding hydrogens is 297 g/mol. The van der Waals surface area contributed by atoms with E-state index in [2.05, 4.69) is 19.7 Å². The van der Waals surface area contributed by atoms with E-state index in [1.807, 2.05) is 24.3 Å². The maximum Gasteiger partial charge on any atom is 0.161 e. The van der Waals surface area contributed by atoms with Gasteiger partial charge in [0, 0.05) is 0 Å². The Hall–Kier alpha value is 0.243. The molecule has 1 aromatic carbocycles. The molecule has 1 fully saturated rings. The Kier molecular flexibility index (Phi) is 6.62. The summed E-state index contributed by atoms with van der Waals surface area (Å²) in [6, 6.07) is 10.8. The van der Waals surface area contributed by atoms with Gasteiger partial charge in [0.25, 0.3) is 0 Å². The van der Waals surface area contributed by atoms with E-state index in [9.17, 15) is 0 Å². The molecule has 0 atom stereocenters. The molecule has 0 N–H and O–H groups in total. The summed E-state index contributed by atoms with van der Waals surface area (Å²) in [6.07, 6.45) is 0.795. The van der Waals surface area contributed by atoms with E-state index in [1.165, 1.54) is 16.3 Å². The molecule has 0 bridgehead atoms. The summed E-state index contributed by atoms with van der Waals surface area (Å²) in [5, 5.41) is 0. The standard InChI is InChI=1S/C10H11O2.BrH.Zn/c1-2-5-9(6-3-1)10-11-7-4-8-12-10;;/h1-3,5,10H,4,7-8H2;1H;/q-1;;+2/p-1. The average Bonchev–Trinajstić information content (AvgIpc) is 2.34. The van der Waals surface area contributed by atoms with E-state index in [-0.39, 0.29) is 6.29 Å². The smallest absolute Gasteiger partial charge is 0.161 e. The third-order valence-electron chi connectivity index (χ3n) is 1.81. The predicted molar refractivity (Wildman–Crippen MR) is 53.5 cm³/mol. The summed E-state index contributed by atoms with van der Waals surface area (Å²) in [6.45, 7) is 1.57. The monoisotopic (exact) mass is 306 g/mol. The molecule has 14 heavy (non-hydrogen) atoms. The first-order valence-corrected chi connectivity index (χ1v) is 11.4. The van der Waals surface area contributed by atoms with Gasteiger partial charge in [-0.2, -0.15) is 30.3 Å². The van der Waals surface area contributed by atoms with Gasteiger partial charge in [-0.25, -0.2) is 0 Å². The Morgan fingerprint density at radius 2 is 2.00 bits per heavy atom. The van der Waals surface area contributed by atoms with Gasteiger partial charge in [0.15, 0.2) is 6.29 Å². The van der Waals surface area contributed by atoms with Gasteiger partial charge in [0.05, 0.1) is 13.2 Å². The minimum Gasteiger partial charge on any atom is -0.350 e. The second kappa shape index (κ2) is 7.52. The molecule has 0 amide bonds. The van der Waals surface area contributed by atoms with Crippen LogP contribution in [0.3, 0.4) is 0 Å². The molecule has 0 aromatic heterocycles. The molecule has 0 aliphatic carbocycles. The van der Waals surface area contributed by atoms with Crippen molar-refractivity contribution in [3.63, 3.8) is 0 Å². The summed E-state index contributed by atoms with van der Waals surface area (Å²) in [4.78, 5) is 0. The molecule has 1 aromatic rings. The van der Waals surface area contributed by atoms with E-state index in [0.29, 0.717) is 0 Å². The van der Waals surface area contributed by atoms with Gasteiger partial charge in [-0.05, 0) is 6.42 Å². The van der Waals surface area contributed by atoms with Crippen LogP contribution in [0.1, 0.15) is 18.3 Å². The van der Waals surface area contributed by atoms with E-state index < -0.39 is 0 Å². The molecule has 0 unspecified atom stereocenters. The van der Waals surface area contributed by atoms with Crippen LogP contribution in [0, 0.1) is 6.07 Å². The number of rotatable bonds is 1. The fraction of sp³-hybridized carbons (Fsp3) is 0.400. The Morgan fingerprint density at radius 1 is 1.29 bits per heavy atom. The van der Waals surface area contributed by atoms with Gasteiger partial charge in [-0.3, -0.25) is 0 Å². The van der Waals surface area contributed by atoms with Crippen LogP contribution in [0.4, 0.5) is 0 Å². The normalized spacial score (nSPS) is 17.1. The second-order valence-corrected chi connectivity index (χ2v) is 2.74. The van der Waals surface area contributed by atoms with Crippen molar-refractivity contribution < 1.29 is 25.8 Å². The van der Waals surface area contributed by atoms with E-state index in [1.54, 1.807) is 0 Å². The minimum atomic E-state index is -0.194. The number of hydrogen-bond donors (Lipinski definition) is 0. The molecule has 4 heteroatoms. The molecule has 1 aliphatic heterocycles. The minimum absolute atomic E-state index is 0.194. The zero-order valence-corrected chi connectivity index (χ0v) is 12.5. The van der Waals surface area contributed by atoms with Gasteiger partial charge >= 0.3 is 30.0 Å². The van der Waals surface area contributed by atoms with Crippen LogP contribution in [0.25, 0.3) is 0 Å². The predicted octanol–water partition coefficient (Wildman–Crippen LogP) is 2.77. The van der Waals surface area contributed by atoms with Crippen LogP contribution in [0.5, 0.6) is 0 Å². The van der Waals surface area contributed by atoms with Crippen molar-refractivity contribution in [2.45, 2.75) is 12.7 Å². The van der Waals surface area contributed by atoms with E-state index >= 15 is 0 Å². The van der Waals surface area contributed by atoms with Crippen LogP contribution in [0.15, 0.2) is 24.3 Å². The number of halogens is 1. The first-order chi connectivity index (χ1) is 6.97. The molecule has 1 saturated heterocycles. The maximum absolute atomic E-state index is 5.41. The molecule has 0 saturated carbocycles. The van der Waals surface area contributed by atoms with Gasteiger partial charge in [0.2, 0.25) is 0 Å². The van der Waals surface area contributed by atoms with E-state index in [0.717, 1.165) is 25.2 Å². The number of hydrogen-bond acceptors (Lipinski definition) is 2. The zero-order valence-electron chi connectivity index (χ0n) is 7.91. The molecular formula is C10H11BrO2Zn. The summed E-state index contributed by atoms with van der Waals surface area (Å²) in [5.74, 6) is 0. The van der Waals surface area contributed by atoms with Crippen molar-refractivity contribution >= 4 is 13.6 Å². The molecule has 2 nitrogen and oxygen atoms in total. The Labute approximate surface area is 101 Å². The Bertz CT molecular complexity index is 237. The fourth-order valence-electron chi connectivity index (χ4n) is 1.22. The zero-order chi connectivity index (χ0) is 10.2. The molecule has 2 rings (SSSR count). The average molecular weight is 308 g/mol. The summed E-state index contributed by atoms with van der Waals surface area (Å²) < 4.78 is 10.8. The third-order valence-corrected chi connectivity index (χ3v) is 1.81. The summed E-state index contributed by atoms with van der Waals surface area (Å²) in [5.41, 5.74) is 0.984. The quantitative estimate of drug-likeness (QED) is 0.587. The van der Waals surface area contributed by atoms with Crippen molar-refractivity contribution in [3.05, 3.63) is 35.9 Å². The summed E-state index contributed by atoms with van der Waals surface area (Å²) in [7, 11) is 0. The van der Waals surface area contributed by atoms with Crippen molar-refractivity contribution in [3.8, 4) is 0 Å². The Morgan fingerprint density at radius 3 is 2.57 bits per heavy atom. The van der Waals surface area contributed by atoms with Crippen molar-refractivity contribution in [1.82, 2.24) is 0 Å². The van der Waals surface area contributed by atoms with Gasteiger partial charge in [-0.1, -0.05) is 0 Å². The molecule has 1 aliphatic rings. The first kappa shape index (κ1) is 12.3. The van der Waals surface area contributed by atoms with Gasteiger partial charge in [-0.15, -0.1) is 5.56 Å². The fourth-order valence-corrected chi connectivity index (χ4v) is 1.22. The maximum atomic E-state index is 5.41. The molecule has 1 heterocycles. The first-order valence-electron chi connectivity index (χ1n) is 4.43.